The largest absolute Gasteiger partial charge is 0.497 e. The number of amides is 1. The molecule has 0 saturated carbocycles. The standard InChI is InChI=1S/C24H34N4O4.HI/c1-3-31-24(29)28-16-12-20(13-17-28)27-23(26-15-11-22-5-4-18-32-22)25-14-10-19-6-8-21(30-2)9-7-19;/h4-9,18,20H,3,10-17H2,1-2H3,(H2,25,26,27);1H. The van der Waals surface area contributed by atoms with Crippen LogP contribution in [0.1, 0.15) is 31.1 Å². The van der Waals surface area contributed by atoms with Crippen molar-refractivity contribution in [1.29, 1.82) is 0 Å². The monoisotopic (exact) mass is 570 g/mol. The summed E-state index contributed by atoms with van der Waals surface area (Å²) in [4.78, 5) is 18.4. The zero-order chi connectivity index (χ0) is 22.6. The molecular formula is C24H35IN4O4. The first-order valence-electron chi connectivity index (χ1n) is 11.3. The van der Waals surface area contributed by atoms with E-state index in [9.17, 15) is 4.79 Å². The minimum absolute atomic E-state index is 0. The first-order valence-corrected chi connectivity index (χ1v) is 11.3. The quantitative estimate of drug-likeness (QED) is 0.271. The number of carbonyl (C=O) groups is 1. The first-order chi connectivity index (χ1) is 15.7. The van der Waals surface area contributed by atoms with Gasteiger partial charge in [-0.15, -0.1) is 24.0 Å². The van der Waals surface area contributed by atoms with Gasteiger partial charge in [0.2, 0.25) is 0 Å². The Morgan fingerprint density at radius 3 is 2.58 bits per heavy atom. The topological polar surface area (TPSA) is 88.3 Å². The molecule has 9 heteroatoms. The molecular weight excluding hydrogens is 535 g/mol. The molecule has 3 rings (SSSR count). The van der Waals surface area contributed by atoms with Crippen molar-refractivity contribution in [2.45, 2.75) is 38.6 Å². The van der Waals surface area contributed by atoms with E-state index < -0.39 is 0 Å². The van der Waals surface area contributed by atoms with Gasteiger partial charge in [0.25, 0.3) is 0 Å². The molecule has 0 atom stereocenters. The molecule has 1 aliphatic rings. The van der Waals surface area contributed by atoms with Crippen LogP contribution < -0.4 is 15.4 Å². The molecule has 0 unspecified atom stereocenters. The predicted molar refractivity (Wildman–Crippen MR) is 140 cm³/mol. The number of aliphatic imine (C=N–C) groups is 1. The number of hydrogen-bond donors (Lipinski definition) is 2. The smallest absolute Gasteiger partial charge is 0.409 e. The Balaban J connectivity index is 0.00000385. The van der Waals surface area contributed by atoms with E-state index in [0.717, 1.165) is 49.7 Å². The van der Waals surface area contributed by atoms with Crippen LogP contribution >= 0.6 is 24.0 Å². The van der Waals surface area contributed by atoms with Gasteiger partial charge in [-0.25, -0.2) is 4.79 Å². The zero-order valence-electron chi connectivity index (χ0n) is 19.4. The molecule has 1 aromatic heterocycles. The number of piperidine rings is 1. The number of ether oxygens (including phenoxy) is 2. The van der Waals surface area contributed by atoms with Gasteiger partial charge in [0.1, 0.15) is 11.5 Å². The maximum atomic E-state index is 11.9. The van der Waals surface area contributed by atoms with Gasteiger partial charge in [-0.2, -0.15) is 0 Å². The Bertz CT molecular complexity index is 835. The Morgan fingerprint density at radius 1 is 1.18 bits per heavy atom. The van der Waals surface area contributed by atoms with Crippen molar-refractivity contribution >= 4 is 36.0 Å². The number of nitrogens with one attached hydrogen (secondary N) is 2. The third-order valence-corrected chi connectivity index (χ3v) is 5.44. The predicted octanol–water partition coefficient (Wildman–Crippen LogP) is 3.85. The second-order valence-corrected chi connectivity index (χ2v) is 7.69. The third kappa shape index (κ3) is 9.15. The molecule has 182 valence electrons. The highest BCUT2D eigenvalue weighted by atomic mass is 127. The summed E-state index contributed by atoms with van der Waals surface area (Å²) < 4.78 is 15.7. The summed E-state index contributed by atoms with van der Waals surface area (Å²) in [6, 6.07) is 12.2. The lowest BCUT2D eigenvalue weighted by Crippen LogP contribution is -2.50. The molecule has 0 spiro atoms. The van der Waals surface area contributed by atoms with Crippen LogP contribution in [0, 0.1) is 0 Å². The van der Waals surface area contributed by atoms with E-state index >= 15 is 0 Å². The third-order valence-electron chi connectivity index (χ3n) is 5.44. The number of likely N-dealkylation sites (tertiary alicyclic amines) is 1. The Morgan fingerprint density at radius 2 is 1.94 bits per heavy atom. The lowest BCUT2D eigenvalue weighted by atomic mass is 10.1. The highest BCUT2D eigenvalue weighted by molar-refractivity contribution is 14.0. The summed E-state index contributed by atoms with van der Waals surface area (Å²) in [5.41, 5.74) is 1.23. The summed E-state index contributed by atoms with van der Waals surface area (Å²) in [6.07, 6.45) is 4.80. The van der Waals surface area contributed by atoms with E-state index in [4.69, 9.17) is 18.9 Å². The average Bonchev–Trinajstić information content (AvgIpc) is 3.33. The molecule has 2 aromatic rings. The summed E-state index contributed by atoms with van der Waals surface area (Å²) in [6.45, 7) is 4.99. The highest BCUT2D eigenvalue weighted by Gasteiger charge is 2.24. The normalized spacial score (nSPS) is 14.4. The Hall–Kier alpha value is -2.43. The number of benzene rings is 1. The minimum atomic E-state index is -0.226. The molecule has 1 saturated heterocycles. The van der Waals surface area contributed by atoms with Crippen LogP contribution in [0.15, 0.2) is 52.1 Å². The van der Waals surface area contributed by atoms with Crippen LogP contribution in [0.5, 0.6) is 5.75 Å². The molecule has 1 aromatic carbocycles. The lowest BCUT2D eigenvalue weighted by molar-refractivity contribution is 0.0963. The van der Waals surface area contributed by atoms with Crippen LogP contribution in [0.3, 0.4) is 0 Å². The summed E-state index contributed by atoms with van der Waals surface area (Å²) in [5.74, 6) is 2.58. The van der Waals surface area contributed by atoms with E-state index in [-0.39, 0.29) is 36.1 Å². The number of halogens is 1. The minimum Gasteiger partial charge on any atom is -0.497 e. The molecule has 2 N–H and O–H groups in total. The van der Waals surface area contributed by atoms with Crippen molar-refractivity contribution < 1.29 is 18.7 Å². The van der Waals surface area contributed by atoms with Gasteiger partial charge < -0.3 is 29.4 Å². The number of guanidine groups is 1. The van der Waals surface area contributed by atoms with Crippen LogP contribution in [-0.2, 0) is 17.6 Å². The molecule has 1 amide bonds. The van der Waals surface area contributed by atoms with Crippen molar-refractivity contribution in [1.82, 2.24) is 15.5 Å². The molecule has 1 fully saturated rings. The fourth-order valence-corrected chi connectivity index (χ4v) is 3.62. The zero-order valence-corrected chi connectivity index (χ0v) is 21.7. The first kappa shape index (κ1) is 26.8. The van der Waals surface area contributed by atoms with Crippen LogP contribution in [0.25, 0.3) is 0 Å². The molecule has 2 heterocycles. The van der Waals surface area contributed by atoms with Crippen molar-refractivity contribution in [3.8, 4) is 5.75 Å². The number of carbonyl (C=O) groups excluding carboxylic acids is 1. The maximum absolute atomic E-state index is 11.9. The Labute approximate surface area is 213 Å². The second-order valence-electron chi connectivity index (χ2n) is 7.69. The van der Waals surface area contributed by atoms with Crippen molar-refractivity contribution in [3.63, 3.8) is 0 Å². The van der Waals surface area contributed by atoms with Gasteiger partial charge in [0, 0.05) is 38.6 Å². The summed E-state index contributed by atoms with van der Waals surface area (Å²) in [7, 11) is 1.67. The SMILES string of the molecule is CCOC(=O)N1CCC(NC(=NCCc2ccco2)NCCc2ccc(OC)cc2)CC1.I. The fraction of sp³-hybridized carbons (Fsp3) is 0.500. The van der Waals surface area contributed by atoms with Gasteiger partial charge in [-0.1, -0.05) is 12.1 Å². The van der Waals surface area contributed by atoms with E-state index in [1.807, 2.05) is 31.2 Å². The number of nitrogens with zero attached hydrogens (tertiary/aromatic N) is 2. The number of methoxy groups -OCH3 is 1. The van der Waals surface area contributed by atoms with Crippen LogP contribution in [0.2, 0.25) is 0 Å². The summed E-state index contributed by atoms with van der Waals surface area (Å²) >= 11 is 0. The average molecular weight is 570 g/mol. The van der Waals surface area contributed by atoms with Crippen molar-refractivity contribution in [2.75, 3.05) is 39.9 Å². The van der Waals surface area contributed by atoms with Crippen molar-refractivity contribution in [3.05, 3.63) is 54.0 Å². The maximum Gasteiger partial charge on any atom is 0.409 e. The number of furan rings is 1. The van der Waals surface area contributed by atoms with E-state index in [0.29, 0.717) is 26.2 Å². The number of hydrogen-bond acceptors (Lipinski definition) is 5. The second kappa shape index (κ2) is 14.7. The van der Waals surface area contributed by atoms with Gasteiger partial charge in [-0.3, -0.25) is 4.99 Å². The van der Waals surface area contributed by atoms with E-state index in [2.05, 4.69) is 22.8 Å². The highest BCUT2D eigenvalue weighted by Crippen LogP contribution is 2.13. The van der Waals surface area contributed by atoms with E-state index in [1.54, 1.807) is 18.3 Å². The molecule has 1 aliphatic heterocycles. The van der Waals surface area contributed by atoms with E-state index in [1.165, 1.54) is 5.56 Å². The lowest BCUT2D eigenvalue weighted by Gasteiger charge is -2.32. The van der Waals surface area contributed by atoms with Crippen LogP contribution in [-0.4, -0.2) is 62.9 Å². The molecule has 0 bridgehead atoms. The van der Waals surface area contributed by atoms with Crippen LogP contribution in [0.4, 0.5) is 4.79 Å². The molecule has 0 aliphatic carbocycles. The van der Waals surface area contributed by atoms with Crippen molar-refractivity contribution in [2.24, 2.45) is 4.99 Å². The van der Waals surface area contributed by atoms with Gasteiger partial charge in [0.15, 0.2) is 5.96 Å². The van der Waals surface area contributed by atoms with Gasteiger partial charge in [0.05, 0.1) is 20.0 Å². The molecule has 33 heavy (non-hydrogen) atoms. The Kier molecular flexibility index (Phi) is 11.9. The van der Waals surface area contributed by atoms with Gasteiger partial charge >= 0.3 is 6.09 Å². The summed E-state index contributed by atoms with van der Waals surface area (Å²) in [5, 5.41) is 6.99. The fourth-order valence-electron chi connectivity index (χ4n) is 3.62. The molecule has 0 radical (unpaired) electrons. The number of rotatable bonds is 9. The van der Waals surface area contributed by atoms with Gasteiger partial charge in [-0.05, 0) is 56.0 Å². The molecule has 8 nitrogen and oxygen atoms in total.